The molecule has 0 bridgehead atoms. The average Bonchev–Trinajstić information content (AvgIpc) is 2.58. The molecule has 0 heterocycles. The van der Waals surface area contributed by atoms with E-state index in [0.29, 0.717) is 5.41 Å². The minimum absolute atomic E-state index is 0.479. The molecular weight excluding hydrogens is 348 g/mol. The molecule has 0 aromatic carbocycles. The number of nitrogens with zero attached hydrogens (tertiary/aromatic N) is 2. The lowest BCUT2D eigenvalue weighted by atomic mass is 9.78. The second-order valence-corrected chi connectivity index (χ2v) is 13.6. The molecule has 0 saturated carbocycles. The molecule has 1 atom stereocenters. The molecule has 0 radical (unpaired) electrons. The van der Waals surface area contributed by atoms with Gasteiger partial charge in [-0.15, -0.1) is 0 Å². The first-order chi connectivity index (χ1) is 12.7. The van der Waals surface area contributed by atoms with E-state index in [-0.39, 0.29) is 0 Å². The van der Waals surface area contributed by atoms with Gasteiger partial charge in [0.15, 0.2) is 8.32 Å². The Morgan fingerprint density at radius 1 is 0.778 bits per heavy atom. The van der Waals surface area contributed by atoms with Crippen molar-refractivity contribution in [3.63, 3.8) is 0 Å². The van der Waals surface area contributed by atoms with Crippen molar-refractivity contribution in [1.82, 2.24) is 9.80 Å². The standard InChI is InChI=1S/C23H52N2OSi/c1-9-12-13-14-21-27(8,26-11-3)22-23(10-2,17-15-19-24(4)5)18-16-20-25(6)7/h9-22H2,1-8H3. The van der Waals surface area contributed by atoms with Gasteiger partial charge in [0.25, 0.3) is 0 Å². The minimum Gasteiger partial charge on any atom is -0.417 e. The Morgan fingerprint density at radius 2 is 1.33 bits per heavy atom. The normalized spacial score (nSPS) is 14.9. The highest BCUT2D eigenvalue weighted by atomic mass is 28.4. The summed E-state index contributed by atoms with van der Waals surface area (Å²) in [5, 5.41) is 0. The van der Waals surface area contributed by atoms with Crippen molar-refractivity contribution in [3.05, 3.63) is 0 Å². The lowest BCUT2D eigenvalue weighted by Gasteiger charge is -2.41. The molecule has 164 valence electrons. The smallest absolute Gasteiger partial charge is 0.190 e. The summed E-state index contributed by atoms with van der Waals surface area (Å²) < 4.78 is 6.54. The lowest BCUT2D eigenvalue weighted by Crippen LogP contribution is -2.41. The fourth-order valence-electron chi connectivity index (χ4n) is 4.60. The van der Waals surface area contributed by atoms with Crippen molar-refractivity contribution in [2.24, 2.45) is 5.41 Å². The summed E-state index contributed by atoms with van der Waals surface area (Å²) in [5.74, 6) is 0. The van der Waals surface area contributed by atoms with Crippen LogP contribution in [-0.4, -0.2) is 66.0 Å². The quantitative estimate of drug-likeness (QED) is 0.199. The van der Waals surface area contributed by atoms with E-state index >= 15 is 0 Å². The van der Waals surface area contributed by atoms with E-state index in [1.54, 1.807) is 0 Å². The number of unbranched alkanes of at least 4 members (excludes halogenated alkanes) is 3. The highest BCUT2D eigenvalue weighted by molar-refractivity contribution is 6.72. The van der Waals surface area contributed by atoms with Crippen LogP contribution >= 0.6 is 0 Å². The number of hydrogen-bond donors (Lipinski definition) is 0. The van der Waals surface area contributed by atoms with Crippen LogP contribution in [0.4, 0.5) is 0 Å². The second kappa shape index (κ2) is 15.0. The highest BCUT2D eigenvalue weighted by Gasteiger charge is 2.39. The Bertz CT molecular complexity index is 335. The zero-order valence-corrected chi connectivity index (χ0v) is 21.2. The van der Waals surface area contributed by atoms with Crippen molar-refractivity contribution in [1.29, 1.82) is 0 Å². The first-order valence-corrected chi connectivity index (χ1v) is 14.5. The van der Waals surface area contributed by atoms with E-state index in [1.807, 2.05) is 0 Å². The molecule has 0 fully saturated rings. The lowest BCUT2D eigenvalue weighted by molar-refractivity contribution is 0.204. The molecule has 0 aliphatic rings. The monoisotopic (exact) mass is 400 g/mol. The van der Waals surface area contributed by atoms with Crippen LogP contribution in [-0.2, 0) is 4.43 Å². The van der Waals surface area contributed by atoms with Crippen LogP contribution in [0.25, 0.3) is 0 Å². The number of hydrogen-bond acceptors (Lipinski definition) is 3. The van der Waals surface area contributed by atoms with E-state index in [4.69, 9.17) is 4.43 Å². The molecule has 0 rings (SSSR count). The third-order valence-electron chi connectivity index (χ3n) is 6.18. The Kier molecular flexibility index (Phi) is 15.1. The van der Waals surface area contributed by atoms with Gasteiger partial charge in [-0.2, -0.15) is 0 Å². The molecule has 27 heavy (non-hydrogen) atoms. The molecule has 0 aromatic heterocycles. The maximum atomic E-state index is 6.54. The topological polar surface area (TPSA) is 15.7 Å². The van der Waals surface area contributed by atoms with Gasteiger partial charge in [-0.3, -0.25) is 0 Å². The van der Waals surface area contributed by atoms with Gasteiger partial charge >= 0.3 is 0 Å². The van der Waals surface area contributed by atoms with Crippen molar-refractivity contribution in [3.8, 4) is 0 Å². The fraction of sp³-hybridized carbons (Fsp3) is 1.00. The molecule has 1 unspecified atom stereocenters. The molecule has 0 aliphatic heterocycles. The van der Waals surface area contributed by atoms with Gasteiger partial charge in [-0.05, 0) is 97.9 Å². The summed E-state index contributed by atoms with van der Waals surface area (Å²) in [4.78, 5) is 4.67. The van der Waals surface area contributed by atoms with Crippen LogP contribution < -0.4 is 0 Å². The average molecular weight is 401 g/mol. The van der Waals surface area contributed by atoms with Crippen molar-refractivity contribution in [2.75, 3.05) is 47.9 Å². The predicted molar refractivity (Wildman–Crippen MR) is 125 cm³/mol. The maximum Gasteiger partial charge on any atom is 0.190 e. The first kappa shape index (κ1) is 27.1. The summed E-state index contributed by atoms with van der Waals surface area (Å²) in [5.41, 5.74) is 0.479. The van der Waals surface area contributed by atoms with Crippen LogP contribution in [0.1, 0.15) is 78.6 Å². The van der Waals surface area contributed by atoms with Crippen LogP contribution in [0.3, 0.4) is 0 Å². The van der Waals surface area contributed by atoms with Crippen LogP contribution in [0.5, 0.6) is 0 Å². The van der Waals surface area contributed by atoms with Crippen LogP contribution in [0.15, 0.2) is 0 Å². The van der Waals surface area contributed by atoms with E-state index in [2.05, 4.69) is 65.3 Å². The maximum absolute atomic E-state index is 6.54. The van der Waals surface area contributed by atoms with E-state index in [9.17, 15) is 0 Å². The Hall–Kier alpha value is 0.0969. The molecule has 0 aromatic rings. The summed E-state index contributed by atoms with van der Waals surface area (Å²) in [6.45, 7) is 12.8. The van der Waals surface area contributed by atoms with Gasteiger partial charge in [0.05, 0.1) is 0 Å². The van der Waals surface area contributed by atoms with E-state index in [1.165, 1.54) is 83.0 Å². The molecule has 3 nitrogen and oxygen atoms in total. The van der Waals surface area contributed by atoms with Gasteiger partial charge < -0.3 is 14.2 Å². The van der Waals surface area contributed by atoms with Crippen LogP contribution in [0.2, 0.25) is 18.6 Å². The Balaban J connectivity index is 5.12. The fourth-order valence-corrected chi connectivity index (χ4v) is 8.91. The molecular formula is C23H52N2OSi. The van der Waals surface area contributed by atoms with Gasteiger partial charge in [0.2, 0.25) is 0 Å². The Morgan fingerprint density at radius 3 is 1.74 bits per heavy atom. The van der Waals surface area contributed by atoms with E-state index in [0.717, 1.165) is 6.61 Å². The predicted octanol–water partition coefficient (Wildman–Crippen LogP) is 6.26. The summed E-state index contributed by atoms with van der Waals surface area (Å²) in [6.07, 6.45) is 12.1. The SMILES string of the molecule is CCCCCC[Si](C)(CC(CC)(CCCN(C)C)CCCN(C)C)OCC. The molecule has 0 aliphatic carbocycles. The zero-order valence-electron chi connectivity index (χ0n) is 20.2. The van der Waals surface area contributed by atoms with Crippen LogP contribution in [0, 0.1) is 5.41 Å². The van der Waals surface area contributed by atoms with Crippen molar-refractivity contribution in [2.45, 2.75) is 97.2 Å². The molecule has 4 heteroatoms. The van der Waals surface area contributed by atoms with Crippen molar-refractivity contribution < 1.29 is 4.43 Å². The molecule has 0 spiro atoms. The third kappa shape index (κ3) is 13.0. The molecule has 0 amide bonds. The van der Waals surface area contributed by atoms with Crippen molar-refractivity contribution >= 4 is 8.32 Å². The second-order valence-electron chi connectivity index (χ2n) is 9.54. The van der Waals surface area contributed by atoms with Gasteiger partial charge in [-0.1, -0.05) is 46.0 Å². The minimum atomic E-state index is -1.64. The number of rotatable bonds is 18. The molecule has 0 N–H and O–H groups in total. The zero-order chi connectivity index (χ0) is 20.8. The third-order valence-corrected chi connectivity index (χ3v) is 10.1. The summed E-state index contributed by atoms with van der Waals surface area (Å²) in [6, 6.07) is 2.71. The Labute approximate surface area is 173 Å². The van der Waals surface area contributed by atoms with E-state index < -0.39 is 8.32 Å². The van der Waals surface area contributed by atoms with Gasteiger partial charge in [0, 0.05) is 6.61 Å². The summed E-state index contributed by atoms with van der Waals surface area (Å²) >= 11 is 0. The summed E-state index contributed by atoms with van der Waals surface area (Å²) in [7, 11) is 7.17. The molecule has 0 saturated heterocycles. The van der Waals surface area contributed by atoms with Gasteiger partial charge in [-0.25, -0.2) is 0 Å². The van der Waals surface area contributed by atoms with Gasteiger partial charge in [0.1, 0.15) is 0 Å². The largest absolute Gasteiger partial charge is 0.417 e. The highest BCUT2D eigenvalue weighted by Crippen LogP contribution is 2.43. The first-order valence-electron chi connectivity index (χ1n) is 11.7.